The molecule has 0 atom stereocenters. The van der Waals surface area contributed by atoms with Crippen molar-refractivity contribution in [2.75, 3.05) is 5.32 Å². The first kappa shape index (κ1) is 20.0. The number of nitrogens with zero attached hydrogens (tertiary/aromatic N) is 6. The molecular weight excluding hydrogens is 446 g/mol. The largest absolute Gasteiger partial charge is 0.333 e. The van der Waals surface area contributed by atoms with Crippen LogP contribution in [0, 0.1) is 0 Å². The molecule has 0 spiro atoms. The van der Waals surface area contributed by atoms with Gasteiger partial charge in [0.1, 0.15) is 16.9 Å². The molecule has 1 aromatic carbocycles. The number of nitrogens with one attached hydrogen (secondary N) is 1. The molecule has 2 aliphatic rings. The molecule has 9 heteroatoms. The molecule has 1 amide bonds. The lowest BCUT2D eigenvalue weighted by Gasteiger charge is -2.22. The zero-order valence-electron chi connectivity index (χ0n) is 19.2. The summed E-state index contributed by atoms with van der Waals surface area (Å²) in [6.45, 7) is 2.75. The zero-order valence-corrected chi connectivity index (χ0v) is 20.0. The third kappa shape index (κ3) is 3.03. The molecule has 5 aromatic rings. The SMILES string of the molecule is CCn1c(C(=O)N(C2CC2)C2CC2)cc2c3c(ncn3C)c(Nc3nc4ccccc4s3)nc21. The molecule has 8 nitrogen and oxygen atoms in total. The maximum atomic E-state index is 13.7. The molecule has 4 heterocycles. The number of carbonyl (C=O) groups excluding carboxylic acids is 1. The maximum Gasteiger partial charge on any atom is 0.271 e. The summed E-state index contributed by atoms with van der Waals surface area (Å²) in [6.07, 6.45) is 6.29. The van der Waals surface area contributed by atoms with Crippen LogP contribution in [0.4, 0.5) is 10.9 Å². The molecule has 0 aliphatic heterocycles. The van der Waals surface area contributed by atoms with Crippen molar-refractivity contribution in [1.29, 1.82) is 0 Å². The van der Waals surface area contributed by atoms with E-state index in [0.717, 1.165) is 68.8 Å². The molecule has 34 heavy (non-hydrogen) atoms. The number of aryl methyl sites for hydroxylation is 2. The molecule has 2 saturated carbocycles. The molecule has 4 aromatic heterocycles. The van der Waals surface area contributed by atoms with Gasteiger partial charge < -0.3 is 19.4 Å². The molecule has 0 unspecified atom stereocenters. The maximum absolute atomic E-state index is 13.7. The Morgan fingerprint density at radius 1 is 1.18 bits per heavy atom. The van der Waals surface area contributed by atoms with Crippen LogP contribution in [-0.4, -0.2) is 47.0 Å². The Kier molecular flexibility index (Phi) is 4.27. The van der Waals surface area contributed by atoms with Crippen molar-refractivity contribution in [3.05, 3.63) is 42.4 Å². The predicted molar refractivity (Wildman–Crippen MR) is 135 cm³/mol. The third-order valence-corrected chi connectivity index (χ3v) is 7.82. The summed E-state index contributed by atoms with van der Waals surface area (Å²) in [5.41, 5.74) is 4.24. The molecular formula is C25H25N7OS. The Balaban J connectivity index is 1.39. The van der Waals surface area contributed by atoms with E-state index in [1.54, 1.807) is 17.7 Å². The second-order valence-electron chi connectivity index (χ2n) is 9.31. The molecule has 7 rings (SSSR count). The number of amides is 1. The lowest BCUT2D eigenvalue weighted by atomic mass is 10.2. The summed E-state index contributed by atoms with van der Waals surface area (Å²) < 4.78 is 5.19. The average molecular weight is 472 g/mol. The molecule has 172 valence electrons. The van der Waals surface area contributed by atoms with Gasteiger partial charge in [-0.3, -0.25) is 4.79 Å². The summed E-state index contributed by atoms with van der Waals surface area (Å²) in [7, 11) is 1.99. The van der Waals surface area contributed by atoms with E-state index < -0.39 is 0 Å². The lowest BCUT2D eigenvalue weighted by molar-refractivity contribution is 0.0719. The van der Waals surface area contributed by atoms with Gasteiger partial charge in [0.15, 0.2) is 10.9 Å². The highest BCUT2D eigenvalue weighted by Crippen LogP contribution is 2.40. The minimum absolute atomic E-state index is 0.140. The Labute approximate surface area is 200 Å². The van der Waals surface area contributed by atoms with E-state index in [4.69, 9.17) is 9.97 Å². The van der Waals surface area contributed by atoms with Crippen LogP contribution in [0.5, 0.6) is 0 Å². The van der Waals surface area contributed by atoms with E-state index in [2.05, 4.69) is 32.8 Å². The monoisotopic (exact) mass is 471 g/mol. The van der Waals surface area contributed by atoms with Crippen LogP contribution in [0.1, 0.15) is 43.1 Å². The quantitative estimate of drug-likeness (QED) is 0.374. The average Bonchev–Trinajstić information content (AvgIpc) is 3.74. The molecule has 2 fully saturated rings. The van der Waals surface area contributed by atoms with Gasteiger partial charge in [-0.05, 0) is 50.8 Å². The van der Waals surface area contributed by atoms with Crippen LogP contribution < -0.4 is 5.32 Å². The van der Waals surface area contributed by atoms with Gasteiger partial charge in [0.05, 0.1) is 22.1 Å². The van der Waals surface area contributed by atoms with Gasteiger partial charge in [0, 0.05) is 31.1 Å². The number of fused-ring (bicyclic) bond motifs is 4. The van der Waals surface area contributed by atoms with E-state index in [1.165, 1.54) is 0 Å². The number of rotatable bonds is 6. The highest BCUT2D eigenvalue weighted by atomic mass is 32.1. The van der Waals surface area contributed by atoms with Gasteiger partial charge in [-0.15, -0.1) is 0 Å². The Bertz CT molecular complexity index is 1540. The highest BCUT2D eigenvalue weighted by molar-refractivity contribution is 7.22. The fourth-order valence-electron chi connectivity index (χ4n) is 4.99. The lowest BCUT2D eigenvalue weighted by Crippen LogP contribution is -2.36. The number of aromatic nitrogens is 5. The number of thiazole rings is 1. The minimum atomic E-state index is 0.140. The second-order valence-corrected chi connectivity index (χ2v) is 10.3. The fraction of sp³-hybridized carbons (Fsp3) is 0.360. The fourth-order valence-corrected chi connectivity index (χ4v) is 5.86. The normalized spacial score (nSPS) is 16.1. The van der Waals surface area contributed by atoms with Gasteiger partial charge in [0.25, 0.3) is 5.91 Å². The van der Waals surface area contributed by atoms with Crippen molar-refractivity contribution in [2.45, 2.75) is 51.2 Å². The van der Waals surface area contributed by atoms with E-state index >= 15 is 0 Å². The van der Waals surface area contributed by atoms with Crippen molar-refractivity contribution in [3.63, 3.8) is 0 Å². The van der Waals surface area contributed by atoms with Gasteiger partial charge >= 0.3 is 0 Å². The van der Waals surface area contributed by atoms with Crippen molar-refractivity contribution in [1.82, 2.24) is 29.0 Å². The smallest absolute Gasteiger partial charge is 0.271 e. The summed E-state index contributed by atoms with van der Waals surface area (Å²) in [6, 6.07) is 10.9. The van der Waals surface area contributed by atoms with Crippen LogP contribution in [0.3, 0.4) is 0 Å². The number of benzene rings is 1. The first-order valence-corrected chi connectivity index (χ1v) is 12.7. The van der Waals surface area contributed by atoms with Crippen LogP contribution >= 0.6 is 11.3 Å². The standard InChI is InChI=1S/C25H25N7OS/c1-3-31-18(24(33)32(14-8-9-14)15-10-11-15)12-16-21-20(26-13-30(21)2)22(28-23(16)31)29-25-27-17-6-4-5-7-19(17)34-25/h4-7,12-15H,3,8-11H2,1-2H3,(H,27,28,29). The molecule has 0 radical (unpaired) electrons. The summed E-state index contributed by atoms with van der Waals surface area (Å²) >= 11 is 1.59. The van der Waals surface area contributed by atoms with Crippen LogP contribution in [0.15, 0.2) is 36.7 Å². The number of anilines is 2. The number of hydrogen-bond acceptors (Lipinski definition) is 6. The molecule has 1 N–H and O–H groups in total. The minimum Gasteiger partial charge on any atom is -0.333 e. The predicted octanol–water partition coefficient (Wildman–Crippen LogP) is 5.06. The zero-order chi connectivity index (χ0) is 23.0. The third-order valence-electron chi connectivity index (χ3n) is 6.87. The van der Waals surface area contributed by atoms with Crippen molar-refractivity contribution >= 4 is 60.5 Å². The van der Waals surface area contributed by atoms with Crippen molar-refractivity contribution in [3.8, 4) is 0 Å². The van der Waals surface area contributed by atoms with E-state index in [0.29, 0.717) is 24.4 Å². The first-order valence-electron chi connectivity index (χ1n) is 11.9. The number of carbonyl (C=O) groups is 1. The second kappa shape index (κ2) is 7.27. The number of para-hydroxylation sites is 1. The molecule has 2 aliphatic carbocycles. The van der Waals surface area contributed by atoms with Crippen molar-refractivity contribution in [2.24, 2.45) is 7.05 Å². The highest BCUT2D eigenvalue weighted by Gasteiger charge is 2.43. The van der Waals surface area contributed by atoms with Gasteiger partial charge in [-0.1, -0.05) is 23.5 Å². The summed E-state index contributed by atoms with van der Waals surface area (Å²) in [4.78, 5) is 30.2. The van der Waals surface area contributed by atoms with Crippen molar-refractivity contribution < 1.29 is 4.79 Å². The van der Waals surface area contributed by atoms with E-state index in [-0.39, 0.29) is 5.91 Å². The number of imidazole rings is 1. The van der Waals surface area contributed by atoms with Gasteiger partial charge in [-0.2, -0.15) is 0 Å². The van der Waals surface area contributed by atoms with Gasteiger partial charge in [-0.25, -0.2) is 15.0 Å². The Morgan fingerprint density at radius 2 is 1.94 bits per heavy atom. The summed E-state index contributed by atoms with van der Waals surface area (Å²) in [5.74, 6) is 0.802. The van der Waals surface area contributed by atoms with Crippen LogP contribution in [-0.2, 0) is 13.6 Å². The number of pyridine rings is 1. The Morgan fingerprint density at radius 3 is 2.65 bits per heavy atom. The first-order chi connectivity index (χ1) is 16.6. The topological polar surface area (TPSA) is 80.9 Å². The van der Waals surface area contributed by atoms with Gasteiger partial charge in [0.2, 0.25) is 0 Å². The number of hydrogen-bond donors (Lipinski definition) is 1. The van der Waals surface area contributed by atoms with Crippen LogP contribution in [0.2, 0.25) is 0 Å². The molecule has 0 bridgehead atoms. The Hall–Kier alpha value is -3.46. The van der Waals surface area contributed by atoms with Crippen LogP contribution in [0.25, 0.3) is 32.3 Å². The van der Waals surface area contributed by atoms with E-state index in [9.17, 15) is 4.79 Å². The van der Waals surface area contributed by atoms with E-state index in [1.807, 2.05) is 35.9 Å². The molecule has 0 saturated heterocycles. The summed E-state index contributed by atoms with van der Waals surface area (Å²) in [5, 5.41) is 5.16.